The van der Waals surface area contributed by atoms with Crippen molar-refractivity contribution in [2.24, 2.45) is 52.1 Å². The molecule has 282 valence electrons. The largest absolute Gasteiger partial charge is 0.449 e. The summed E-state index contributed by atoms with van der Waals surface area (Å²) in [5, 5.41) is 0. The van der Waals surface area contributed by atoms with E-state index in [1.54, 1.807) is 0 Å². The number of fused-ring (bicyclic) bond motifs is 2. The Morgan fingerprint density at radius 2 is 1.83 bits per heavy atom. The molecule has 12 rings (SSSR count). The fraction of sp³-hybridized carbons (Fsp3) is 0.733. The molecule has 3 saturated heterocycles. The zero-order valence-electron chi connectivity index (χ0n) is 32.3. The first kappa shape index (κ1) is 35.2. The van der Waals surface area contributed by atoms with Crippen LogP contribution in [0.25, 0.3) is 0 Å². The number of ether oxygens (including phenoxy) is 2. The summed E-state index contributed by atoms with van der Waals surface area (Å²) in [7, 11) is 0. The third-order valence-corrected chi connectivity index (χ3v) is 15.9. The highest BCUT2D eigenvalue weighted by atomic mass is 16.6. The number of esters is 2. The zero-order valence-corrected chi connectivity index (χ0v) is 32.3. The van der Waals surface area contributed by atoms with Crippen molar-refractivity contribution in [3.63, 3.8) is 0 Å². The summed E-state index contributed by atoms with van der Waals surface area (Å²) >= 11 is 0. The van der Waals surface area contributed by atoms with E-state index in [1.807, 2.05) is 0 Å². The molecule has 0 amide bonds. The van der Waals surface area contributed by atoms with Crippen molar-refractivity contribution in [2.75, 3.05) is 32.7 Å². The van der Waals surface area contributed by atoms with E-state index in [2.05, 4.69) is 67.8 Å². The Bertz CT molecular complexity index is 1650. The van der Waals surface area contributed by atoms with Gasteiger partial charge in [-0.2, -0.15) is 0 Å². The van der Waals surface area contributed by atoms with Crippen LogP contribution in [0.3, 0.4) is 0 Å². The van der Waals surface area contributed by atoms with E-state index in [0.29, 0.717) is 36.4 Å². The van der Waals surface area contributed by atoms with E-state index in [-0.39, 0.29) is 17.9 Å². The average molecular weight is 710 g/mol. The molecule has 0 aromatic heterocycles. The molecule has 8 heterocycles. The Kier molecular flexibility index (Phi) is 8.86. The normalized spacial score (nSPS) is 43.4. The van der Waals surface area contributed by atoms with Crippen molar-refractivity contribution in [1.82, 2.24) is 9.80 Å². The zero-order chi connectivity index (χ0) is 36.0. The predicted molar refractivity (Wildman–Crippen MR) is 203 cm³/mol. The second-order valence-electron chi connectivity index (χ2n) is 18.8. The third-order valence-electron chi connectivity index (χ3n) is 15.9. The van der Waals surface area contributed by atoms with Gasteiger partial charge in [0.25, 0.3) is 0 Å². The highest BCUT2D eigenvalue weighted by Gasteiger charge is 2.91. The lowest BCUT2D eigenvalue weighted by molar-refractivity contribution is -0.274. The molecular formula is C45H63N3O4. The SMILES string of the molecule is CCC[C@H]1CC=C2OC(=O)[C@@]34C=C(CC[C@@]23[C@@]2(OC(=O)c3c(CCCN)cccc32)[C@H]4C[C@H](C)CC)[C@@H]2C[C@@H](C)CCC2N2C[C@H]3C[C@H](C2)CN1C3. The van der Waals surface area contributed by atoms with E-state index < -0.39 is 16.4 Å². The molecule has 2 N–H and O–H groups in total. The van der Waals surface area contributed by atoms with Crippen LogP contribution in [0.2, 0.25) is 0 Å². The number of nitrogens with zero attached hydrogens (tertiary/aromatic N) is 2. The molecule has 7 nitrogen and oxygen atoms in total. The standard InChI is InChI=1S/C45H63N3O4/c1-5-9-34-14-16-39-44-18-17-33(35-20-29(4)13-15-37(35)48-26-30-22-31(27-48)25-47(34)24-30)23-43(44,42(50)51-39)38(21-28(3)6-2)45(44)36-12-7-10-32(11-8-19-46)40(36)41(49)52-45/h7,10,12,16,23,28-31,34-35,37-38H,5-6,8-9,11,13-15,17-22,24-27,46H2,1-4H3/t28-,29+,30+,31+,34+,35+,37?,38+,43+,44-,45+/m1/s1. The van der Waals surface area contributed by atoms with E-state index in [1.165, 1.54) is 57.4 Å². The van der Waals surface area contributed by atoms with Crippen molar-refractivity contribution >= 4 is 11.9 Å². The summed E-state index contributed by atoms with van der Waals surface area (Å²) < 4.78 is 13.8. The highest BCUT2D eigenvalue weighted by Crippen LogP contribution is 2.84. The summed E-state index contributed by atoms with van der Waals surface area (Å²) in [6, 6.07) is 7.30. The lowest BCUT2D eigenvalue weighted by atomic mass is 9.31. The van der Waals surface area contributed by atoms with Gasteiger partial charge in [-0.1, -0.05) is 70.4 Å². The van der Waals surface area contributed by atoms with Gasteiger partial charge < -0.3 is 15.2 Å². The van der Waals surface area contributed by atoms with E-state index >= 15 is 4.79 Å². The fourth-order valence-corrected chi connectivity index (χ4v) is 13.7. The molecule has 11 atom stereocenters. The number of hydrogen-bond acceptors (Lipinski definition) is 7. The van der Waals surface area contributed by atoms with E-state index in [4.69, 9.17) is 15.2 Å². The number of carbonyl (C=O) groups is 2. The van der Waals surface area contributed by atoms with Crippen LogP contribution in [0.4, 0.5) is 0 Å². The molecule has 3 aliphatic carbocycles. The van der Waals surface area contributed by atoms with Gasteiger partial charge in [-0.15, -0.1) is 0 Å². The van der Waals surface area contributed by atoms with Gasteiger partial charge in [0.1, 0.15) is 11.2 Å². The molecular weight excluding hydrogens is 647 g/mol. The van der Waals surface area contributed by atoms with Gasteiger partial charge >= 0.3 is 11.9 Å². The van der Waals surface area contributed by atoms with Gasteiger partial charge in [0, 0.05) is 49.7 Å². The molecule has 7 heteroatoms. The molecule has 0 radical (unpaired) electrons. The second-order valence-corrected chi connectivity index (χ2v) is 18.8. The molecule has 8 aliphatic heterocycles. The minimum Gasteiger partial charge on any atom is -0.449 e. The maximum absolute atomic E-state index is 15.1. The maximum Gasteiger partial charge on any atom is 0.339 e. The summed E-state index contributed by atoms with van der Waals surface area (Å²) in [4.78, 5) is 35.3. The minimum absolute atomic E-state index is 0.0970. The third kappa shape index (κ3) is 4.79. The topological polar surface area (TPSA) is 85.1 Å². The van der Waals surface area contributed by atoms with Crippen molar-refractivity contribution in [2.45, 2.75) is 129 Å². The fourth-order valence-electron chi connectivity index (χ4n) is 13.7. The Morgan fingerprint density at radius 1 is 1.04 bits per heavy atom. The predicted octanol–water partition coefficient (Wildman–Crippen LogP) is 7.77. The first-order valence-corrected chi connectivity index (χ1v) is 21.4. The van der Waals surface area contributed by atoms with Crippen LogP contribution in [-0.2, 0) is 26.3 Å². The van der Waals surface area contributed by atoms with Crippen molar-refractivity contribution < 1.29 is 19.1 Å². The number of nitrogens with two attached hydrogens (primary N) is 1. The van der Waals surface area contributed by atoms with Crippen LogP contribution in [0.15, 0.2) is 41.7 Å². The molecule has 52 heavy (non-hydrogen) atoms. The lowest BCUT2D eigenvalue weighted by Crippen LogP contribution is -2.75. The number of carbonyl (C=O) groups excluding carboxylic acids is 2. The Balaban J connectivity index is 1.27. The van der Waals surface area contributed by atoms with Crippen LogP contribution >= 0.6 is 0 Å². The molecule has 1 aromatic rings. The summed E-state index contributed by atoms with van der Waals surface area (Å²) in [5.74, 6) is 3.23. The molecule has 2 spiro atoms. The quantitative estimate of drug-likeness (QED) is 0.218. The maximum atomic E-state index is 15.1. The molecule has 11 aliphatic rings. The molecule has 2 saturated carbocycles. The van der Waals surface area contributed by atoms with Gasteiger partial charge in [-0.3, -0.25) is 14.6 Å². The number of rotatable bonds is 8. The molecule has 5 fully saturated rings. The number of piperidine rings is 2. The van der Waals surface area contributed by atoms with E-state index in [0.717, 1.165) is 92.1 Å². The van der Waals surface area contributed by atoms with Crippen LogP contribution < -0.4 is 5.73 Å². The minimum atomic E-state index is -0.934. The summed E-state index contributed by atoms with van der Waals surface area (Å²) in [5.41, 5.74) is 7.70. The molecule has 8 bridgehead atoms. The number of aryl methyl sites for hydroxylation is 1. The Labute approximate surface area is 312 Å². The highest BCUT2D eigenvalue weighted by molar-refractivity contribution is 5.99. The monoisotopic (exact) mass is 709 g/mol. The Morgan fingerprint density at radius 3 is 2.58 bits per heavy atom. The van der Waals surface area contributed by atoms with Gasteiger partial charge in [0.2, 0.25) is 0 Å². The smallest absolute Gasteiger partial charge is 0.339 e. The van der Waals surface area contributed by atoms with Gasteiger partial charge in [0.05, 0.1) is 11.0 Å². The van der Waals surface area contributed by atoms with E-state index in [9.17, 15) is 4.79 Å². The van der Waals surface area contributed by atoms with Gasteiger partial charge in [-0.05, 0) is 118 Å². The van der Waals surface area contributed by atoms with Crippen LogP contribution in [0.1, 0.15) is 126 Å². The van der Waals surface area contributed by atoms with Gasteiger partial charge in [-0.25, -0.2) is 4.79 Å². The van der Waals surface area contributed by atoms with Crippen LogP contribution in [0, 0.1) is 46.3 Å². The first-order valence-electron chi connectivity index (χ1n) is 21.4. The molecule has 1 aromatic carbocycles. The van der Waals surface area contributed by atoms with Crippen LogP contribution in [0.5, 0.6) is 0 Å². The summed E-state index contributed by atoms with van der Waals surface area (Å²) in [6.07, 6.45) is 18.1. The summed E-state index contributed by atoms with van der Waals surface area (Å²) in [6.45, 7) is 14.7. The van der Waals surface area contributed by atoms with Crippen molar-refractivity contribution in [1.29, 1.82) is 0 Å². The molecule has 1 unspecified atom stereocenters. The van der Waals surface area contributed by atoms with Crippen molar-refractivity contribution in [3.8, 4) is 0 Å². The number of hydrogen-bond donors (Lipinski definition) is 1. The van der Waals surface area contributed by atoms with Gasteiger partial charge in [0.15, 0.2) is 5.60 Å². The van der Waals surface area contributed by atoms with Crippen LogP contribution in [-0.4, -0.2) is 66.5 Å². The first-order chi connectivity index (χ1) is 25.2. The average Bonchev–Trinajstić information content (AvgIpc) is 3.58. The van der Waals surface area contributed by atoms with Crippen molar-refractivity contribution in [3.05, 3.63) is 58.4 Å². The Hall–Kier alpha value is -2.48. The lowest BCUT2D eigenvalue weighted by Gasteiger charge is -2.69. The number of benzene rings is 1. The second kappa shape index (κ2) is 13.1.